The highest BCUT2D eigenvalue weighted by atomic mass is 32.2. The largest absolute Gasteiger partial charge is 0.356 e. The lowest BCUT2D eigenvalue weighted by Crippen LogP contribution is -2.43. The number of carbonyl (C=O) groups is 1. The Hall–Kier alpha value is -2.97. The minimum atomic E-state index is -3.45. The third-order valence-electron chi connectivity index (χ3n) is 7.05. The second-order valence-corrected chi connectivity index (χ2v) is 11.6. The first-order valence-electron chi connectivity index (χ1n) is 12.4. The zero-order valence-electron chi connectivity index (χ0n) is 20.1. The van der Waals surface area contributed by atoms with Gasteiger partial charge in [0.05, 0.1) is 16.3 Å². The maximum Gasteiger partial charge on any atom is 0.243 e. The number of anilines is 1. The van der Waals surface area contributed by atoms with E-state index in [0.717, 1.165) is 54.5 Å². The lowest BCUT2D eigenvalue weighted by molar-refractivity contribution is -0.125. The van der Waals surface area contributed by atoms with Crippen LogP contribution in [-0.4, -0.2) is 49.8 Å². The Morgan fingerprint density at radius 3 is 2.54 bits per heavy atom. The third kappa shape index (κ3) is 5.18. The zero-order chi connectivity index (χ0) is 24.4. The molecule has 2 aromatic carbocycles. The number of amides is 1. The molecule has 0 spiro atoms. The standard InChI is InChI=1S/C27H32N4O3S/c1-20-6-8-21(9-7-20)18-28-27(32)23-5-4-14-30(19-23)26-13-10-22-17-24(11-12-25(22)29-26)35(33,34)31-15-2-3-16-31/h6-13,17,23H,2-5,14-16,18-19H2,1H3,(H,28,32)/t23-/m0/s1. The summed E-state index contributed by atoms with van der Waals surface area (Å²) in [6.07, 6.45) is 3.62. The molecule has 1 aromatic heterocycles. The van der Waals surface area contributed by atoms with Gasteiger partial charge in [-0.15, -0.1) is 0 Å². The van der Waals surface area contributed by atoms with E-state index in [4.69, 9.17) is 4.98 Å². The molecule has 1 amide bonds. The van der Waals surface area contributed by atoms with Gasteiger partial charge in [-0.25, -0.2) is 13.4 Å². The van der Waals surface area contributed by atoms with Gasteiger partial charge in [0.25, 0.3) is 0 Å². The van der Waals surface area contributed by atoms with Gasteiger partial charge in [-0.05, 0) is 68.5 Å². The van der Waals surface area contributed by atoms with Crippen LogP contribution in [0.15, 0.2) is 59.5 Å². The van der Waals surface area contributed by atoms with Crippen molar-refractivity contribution >= 4 is 32.7 Å². The highest BCUT2D eigenvalue weighted by Gasteiger charge is 2.28. The summed E-state index contributed by atoms with van der Waals surface area (Å²) in [6, 6.07) is 17.2. The number of nitrogens with one attached hydrogen (secondary N) is 1. The second-order valence-electron chi connectivity index (χ2n) is 9.62. The molecule has 2 aliphatic rings. The minimum Gasteiger partial charge on any atom is -0.356 e. The number of aromatic nitrogens is 1. The zero-order valence-corrected chi connectivity index (χ0v) is 20.9. The molecule has 184 valence electrons. The molecule has 3 heterocycles. The van der Waals surface area contributed by atoms with Gasteiger partial charge >= 0.3 is 0 Å². The van der Waals surface area contributed by atoms with E-state index in [1.807, 2.05) is 24.3 Å². The molecule has 35 heavy (non-hydrogen) atoms. The van der Waals surface area contributed by atoms with Crippen LogP contribution in [0.25, 0.3) is 10.9 Å². The number of rotatable bonds is 6. The van der Waals surface area contributed by atoms with E-state index in [9.17, 15) is 13.2 Å². The van der Waals surface area contributed by atoms with Gasteiger partial charge in [0, 0.05) is 38.1 Å². The molecule has 0 bridgehead atoms. The molecule has 8 heteroatoms. The van der Waals surface area contributed by atoms with Crippen molar-refractivity contribution in [3.8, 4) is 0 Å². The molecule has 2 aliphatic heterocycles. The van der Waals surface area contributed by atoms with Gasteiger partial charge in [0.1, 0.15) is 5.82 Å². The van der Waals surface area contributed by atoms with Crippen LogP contribution in [0.3, 0.4) is 0 Å². The van der Waals surface area contributed by atoms with E-state index in [1.54, 1.807) is 22.5 Å². The van der Waals surface area contributed by atoms with E-state index in [1.165, 1.54) is 5.56 Å². The fourth-order valence-corrected chi connectivity index (χ4v) is 6.50. The fourth-order valence-electron chi connectivity index (χ4n) is 4.95. The molecule has 0 saturated carbocycles. The molecule has 2 saturated heterocycles. The van der Waals surface area contributed by atoms with Gasteiger partial charge in [0.15, 0.2) is 0 Å². The Labute approximate surface area is 207 Å². The van der Waals surface area contributed by atoms with Gasteiger partial charge in [-0.1, -0.05) is 29.8 Å². The highest BCUT2D eigenvalue weighted by molar-refractivity contribution is 7.89. The van der Waals surface area contributed by atoms with Crippen molar-refractivity contribution in [1.82, 2.24) is 14.6 Å². The molecule has 0 aliphatic carbocycles. The molecule has 0 unspecified atom stereocenters. The molecule has 1 atom stereocenters. The van der Waals surface area contributed by atoms with Crippen LogP contribution in [0.4, 0.5) is 5.82 Å². The monoisotopic (exact) mass is 492 g/mol. The smallest absolute Gasteiger partial charge is 0.243 e. The predicted octanol–water partition coefficient (Wildman–Crippen LogP) is 3.86. The first-order valence-corrected chi connectivity index (χ1v) is 13.8. The molecule has 1 N–H and O–H groups in total. The average molecular weight is 493 g/mol. The second kappa shape index (κ2) is 9.95. The summed E-state index contributed by atoms with van der Waals surface area (Å²) in [5, 5.41) is 3.89. The van der Waals surface area contributed by atoms with E-state index in [2.05, 4.69) is 29.3 Å². The number of pyridine rings is 1. The lowest BCUT2D eigenvalue weighted by atomic mass is 9.97. The van der Waals surface area contributed by atoms with Crippen molar-refractivity contribution in [2.24, 2.45) is 5.92 Å². The summed E-state index contributed by atoms with van der Waals surface area (Å²) in [6.45, 7) is 5.24. The molecule has 0 radical (unpaired) electrons. The van der Waals surface area contributed by atoms with Crippen molar-refractivity contribution in [2.75, 3.05) is 31.1 Å². The Kier molecular flexibility index (Phi) is 6.75. The lowest BCUT2D eigenvalue weighted by Gasteiger charge is -2.33. The number of aryl methyl sites for hydroxylation is 1. The summed E-state index contributed by atoms with van der Waals surface area (Å²) in [5.41, 5.74) is 3.06. The Balaban J connectivity index is 1.27. The van der Waals surface area contributed by atoms with Crippen molar-refractivity contribution in [3.63, 3.8) is 0 Å². The molecule has 3 aromatic rings. The first-order chi connectivity index (χ1) is 16.9. The van der Waals surface area contributed by atoms with Crippen LogP contribution in [0.1, 0.15) is 36.8 Å². The Morgan fingerprint density at radius 2 is 1.77 bits per heavy atom. The van der Waals surface area contributed by atoms with Crippen LogP contribution in [0, 0.1) is 12.8 Å². The summed E-state index contributed by atoms with van der Waals surface area (Å²) in [5.74, 6) is 0.816. The predicted molar refractivity (Wildman–Crippen MR) is 138 cm³/mol. The van der Waals surface area contributed by atoms with Crippen LogP contribution in [0.5, 0.6) is 0 Å². The number of piperidine rings is 1. The van der Waals surface area contributed by atoms with Crippen LogP contribution in [0.2, 0.25) is 0 Å². The fraction of sp³-hybridized carbons (Fsp3) is 0.407. The summed E-state index contributed by atoms with van der Waals surface area (Å²) < 4.78 is 27.4. The number of hydrogen-bond donors (Lipinski definition) is 1. The van der Waals surface area contributed by atoms with Crippen molar-refractivity contribution in [1.29, 1.82) is 0 Å². The average Bonchev–Trinajstić information content (AvgIpc) is 3.44. The van der Waals surface area contributed by atoms with E-state index >= 15 is 0 Å². The van der Waals surface area contributed by atoms with Crippen molar-refractivity contribution in [3.05, 3.63) is 65.7 Å². The van der Waals surface area contributed by atoms with Crippen molar-refractivity contribution in [2.45, 2.75) is 44.0 Å². The molecule has 7 nitrogen and oxygen atoms in total. The van der Waals surface area contributed by atoms with E-state index in [-0.39, 0.29) is 11.8 Å². The SMILES string of the molecule is Cc1ccc(CNC(=O)[C@H]2CCCN(c3ccc4cc(S(=O)(=O)N5CCCC5)ccc4n3)C2)cc1. The van der Waals surface area contributed by atoms with Crippen LogP contribution in [-0.2, 0) is 21.4 Å². The van der Waals surface area contributed by atoms with E-state index in [0.29, 0.717) is 31.1 Å². The minimum absolute atomic E-state index is 0.0767. The molecular formula is C27H32N4O3S. The number of sulfonamides is 1. The van der Waals surface area contributed by atoms with Crippen molar-refractivity contribution < 1.29 is 13.2 Å². The number of fused-ring (bicyclic) bond motifs is 1. The topological polar surface area (TPSA) is 82.6 Å². The molecule has 5 rings (SSSR count). The quantitative estimate of drug-likeness (QED) is 0.565. The molecular weight excluding hydrogens is 460 g/mol. The third-order valence-corrected chi connectivity index (χ3v) is 8.95. The highest BCUT2D eigenvalue weighted by Crippen LogP contribution is 2.27. The first kappa shape index (κ1) is 23.8. The summed E-state index contributed by atoms with van der Waals surface area (Å²) in [4.78, 5) is 20.1. The van der Waals surface area contributed by atoms with Gasteiger partial charge in [-0.3, -0.25) is 4.79 Å². The van der Waals surface area contributed by atoms with Gasteiger partial charge < -0.3 is 10.2 Å². The number of nitrogens with zero attached hydrogens (tertiary/aromatic N) is 3. The van der Waals surface area contributed by atoms with Gasteiger partial charge in [0.2, 0.25) is 15.9 Å². The number of benzene rings is 2. The van der Waals surface area contributed by atoms with Crippen LogP contribution < -0.4 is 10.2 Å². The normalized spacial score (nSPS) is 19.2. The number of carbonyl (C=O) groups excluding carboxylic acids is 1. The van der Waals surface area contributed by atoms with Gasteiger partial charge in [-0.2, -0.15) is 4.31 Å². The Bertz CT molecular complexity index is 1320. The maximum absolute atomic E-state index is 12.9. The maximum atomic E-state index is 12.9. The number of hydrogen-bond acceptors (Lipinski definition) is 5. The summed E-state index contributed by atoms with van der Waals surface area (Å²) >= 11 is 0. The molecule has 2 fully saturated rings. The van der Waals surface area contributed by atoms with E-state index < -0.39 is 10.0 Å². The van der Waals surface area contributed by atoms with Crippen LogP contribution >= 0.6 is 0 Å². The summed E-state index contributed by atoms with van der Waals surface area (Å²) in [7, 11) is -3.45. The Morgan fingerprint density at radius 1 is 1.00 bits per heavy atom.